The molecule has 0 aliphatic heterocycles. The highest BCUT2D eigenvalue weighted by molar-refractivity contribution is 7.91. The normalized spacial score (nSPS) is 13.9. The molecule has 7 nitrogen and oxygen atoms in total. The second kappa shape index (κ2) is 14.0. The SMILES string of the molecule is COCCCCS(=O)(=O)CC(O)COc1ccc(C(C)(C)c2ccc(OCC(O)CCl)cc2)cc1. The summed E-state index contributed by atoms with van der Waals surface area (Å²) in [5.74, 6) is 1.05. The monoisotopic (exact) mass is 528 g/mol. The lowest BCUT2D eigenvalue weighted by atomic mass is 9.78. The summed E-state index contributed by atoms with van der Waals surface area (Å²) in [6, 6.07) is 15.2. The first kappa shape index (κ1) is 29.4. The second-order valence-electron chi connectivity index (χ2n) is 9.07. The Kier molecular flexibility index (Phi) is 11.8. The summed E-state index contributed by atoms with van der Waals surface area (Å²) in [5, 5.41) is 19.7. The van der Waals surface area contributed by atoms with E-state index in [0.717, 1.165) is 11.1 Å². The van der Waals surface area contributed by atoms with E-state index in [1.54, 1.807) is 7.11 Å². The summed E-state index contributed by atoms with van der Waals surface area (Å²) in [4.78, 5) is 0. The van der Waals surface area contributed by atoms with Crippen molar-refractivity contribution >= 4 is 21.4 Å². The van der Waals surface area contributed by atoms with Crippen LogP contribution >= 0.6 is 11.6 Å². The number of hydrogen-bond acceptors (Lipinski definition) is 7. The highest BCUT2D eigenvalue weighted by Gasteiger charge is 2.23. The summed E-state index contributed by atoms with van der Waals surface area (Å²) >= 11 is 5.59. The van der Waals surface area contributed by atoms with Gasteiger partial charge in [0.25, 0.3) is 0 Å². The van der Waals surface area contributed by atoms with Crippen LogP contribution < -0.4 is 9.47 Å². The zero-order valence-corrected chi connectivity index (χ0v) is 22.2. The molecule has 0 radical (unpaired) electrons. The molecule has 0 aliphatic rings. The molecule has 2 atom stereocenters. The van der Waals surface area contributed by atoms with E-state index in [1.807, 2.05) is 48.5 Å². The van der Waals surface area contributed by atoms with Crippen molar-refractivity contribution in [3.63, 3.8) is 0 Å². The lowest BCUT2D eigenvalue weighted by Crippen LogP contribution is -2.28. The molecule has 2 rings (SSSR count). The number of aliphatic hydroxyl groups excluding tert-OH is 2. The molecule has 0 spiro atoms. The largest absolute Gasteiger partial charge is 0.491 e. The third kappa shape index (κ3) is 9.97. The lowest BCUT2D eigenvalue weighted by molar-refractivity contribution is 0.125. The topological polar surface area (TPSA) is 102 Å². The number of rotatable bonds is 16. The number of aliphatic hydroxyl groups is 2. The van der Waals surface area contributed by atoms with E-state index in [2.05, 4.69) is 13.8 Å². The van der Waals surface area contributed by atoms with E-state index < -0.39 is 22.0 Å². The van der Waals surface area contributed by atoms with Crippen molar-refractivity contribution < 1.29 is 32.8 Å². The maximum absolute atomic E-state index is 12.1. The Bertz CT molecular complexity index is 976. The smallest absolute Gasteiger partial charge is 0.152 e. The zero-order chi connectivity index (χ0) is 25.9. The Balaban J connectivity index is 1.89. The molecule has 0 saturated heterocycles. The minimum absolute atomic E-state index is 0.0275. The Morgan fingerprint density at radius 2 is 1.34 bits per heavy atom. The second-order valence-corrected chi connectivity index (χ2v) is 11.6. The van der Waals surface area contributed by atoms with Gasteiger partial charge in [-0.2, -0.15) is 0 Å². The third-order valence-corrected chi connectivity index (χ3v) is 7.87. The Morgan fingerprint density at radius 3 is 1.80 bits per heavy atom. The average molecular weight is 529 g/mol. The van der Waals surface area contributed by atoms with E-state index in [9.17, 15) is 18.6 Å². The molecule has 0 aromatic heterocycles. The van der Waals surface area contributed by atoms with Crippen LogP contribution in [0.3, 0.4) is 0 Å². The number of methoxy groups -OCH3 is 1. The Hall–Kier alpha value is -1.84. The molecule has 196 valence electrons. The maximum Gasteiger partial charge on any atom is 0.152 e. The van der Waals surface area contributed by atoms with Crippen LogP contribution in [-0.2, 0) is 20.0 Å². The lowest BCUT2D eigenvalue weighted by Gasteiger charge is -2.26. The van der Waals surface area contributed by atoms with Crippen LogP contribution in [-0.4, -0.2) is 75.2 Å². The van der Waals surface area contributed by atoms with E-state index in [0.29, 0.717) is 30.9 Å². The number of halogens is 1. The Labute approximate surface area is 213 Å². The van der Waals surface area contributed by atoms with Gasteiger partial charge < -0.3 is 24.4 Å². The van der Waals surface area contributed by atoms with Crippen molar-refractivity contribution in [2.75, 3.05) is 44.3 Å². The fraction of sp³-hybridized carbons (Fsp3) is 0.538. The third-order valence-electron chi connectivity index (χ3n) is 5.72. The van der Waals surface area contributed by atoms with Gasteiger partial charge in [0.2, 0.25) is 0 Å². The Morgan fingerprint density at radius 1 is 0.857 bits per heavy atom. The fourth-order valence-corrected chi connectivity index (χ4v) is 5.11. The predicted molar refractivity (Wildman–Crippen MR) is 138 cm³/mol. The highest BCUT2D eigenvalue weighted by Crippen LogP contribution is 2.33. The van der Waals surface area contributed by atoms with Crippen LogP contribution in [0.5, 0.6) is 11.5 Å². The molecule has 0 saturated carbocycles. The van der Waals surface area contributed by atoms with Crippen LogP contribution in [0.15, 0.2) is 48.5 Å². The van der Waals surface area contributed by atoms with Gasteiger partial charge >= 0.3 is 0 Å². The number of benzene rings is 2. The minimum atomic E-state index is -3.35. The molecular weight excluding hydrogens is 492 g/mol. The molecular formula is C26H37ClO7S. The minimum Gasteiger partial charge on any atom is -0.491 e. The number of ether oxygens (including phenoxy) is 3. The molecule has 2 aromatic carbocycles. The van der Waals surface area contributed by atoms with E-state index in [1.165, 1.54) is 0 Å². The van der Waals surface area contributed by atoms with Crippen molar-refractivity contribution in [2.24, 2.45) is 0 Å². The molecule has 0 fully saturated rings. The quantitative estimate of drug-likeness (QED) is 0.253. The molecule has 0 amide bonds. The van der Waals surface area contributed by atoms with Crippen LogP contribution in [0.4, 0.5) is 0 Å². The van der Waals surface area contributed by atoms with Gasteiger partial charge in [-0.3, -0.25) is 0 Å². The fourth-order valence-electron chi connectivity index (χ4n) is 3.52. The van der Waals surface area contributed by atoms with E-state index in [-0.39, 0.29) is 36.0 Å². The van der Waals surface area contributed by atoms with E-state index >= 15 is 0 Å². The maximum atomic E-state index is 12.1. The molecule has 2 N–H and O–H groups in total. The van der Waals surface area contributed by atoms with Crippen molar-refractivity contribution in [3.05, 3.63) is 59.7 Å². The van der Waals surface area contributed by atoms with Crippen LogP contribution in [0.25, 0.3) is 0 Å². The average Bonchev–Trinajstić information content (AvgIpc) is 2.84. The molecule has 9 heteroatoms. The van der Waals surface area contributed by atoms with Gasteiger partial charge in [-0.25, -0.2) is 8.42 Å². The van der Waals surface area contributed by atoms with Crippen LogP contribution in [0.2, 0.25) is 0 Å². The van der Waals surface area contributed by atoms with Crippen molar-refractivity contribution in [1.82, 2.24) is 0 Å². The summed E-state index contributed by atoms with van der Waals surface area (Å²) in [6.45, 7) is 4.78. The number of sulfone groups is 1. The highest BCUT2D eigenvalue weighted by atomic mass is 35.5. The first-order valence-corrected chi connectivity index (χ1v) is 14.0. The van der Waals surface area contributed by atoms with Gasteiger partial charge in [0.05, 0.1) is 17.4 Å². The van der Waals surface area contributed by atoms with Gasteiger partial charge in [0.15, 0.2) is 9.84 Å². The molecule has 0 heterocycles. The molecule has 2 unspecified atom stereocenters. The van der Waals surface area contributed by atoms with Gasteiger partial charge in [0, 0.05) is 19.1 Å². The summed E-state index contributed by atoms with van der Waals surface area (Å²) in [5.41, 5.74) is 1.86. The molecule has 0 bridgehead atoms. The number of unbranched alkanes of at least 4 members (excludes halogenated alkanes) is 1. The van der Waals surface area contributed by atoms with Gasteiger partial charge in [-0.15, -0.1) is 11.6 Å². The van der Waals surface area contributed by atoms with Crippen molar-refractivity contribution in [3.8, 4) is 11.5 Å². The van der Waals surface area contributed by atoms with Crippen LogP contribution in [0, 0.1) is 0 Å². The summed E-state index contributed by atoms with van der Waals surface area (Å²) < 4.78 is 40.3. The summed E-state index contributed by atoms with van der Waals surface area (Å²) in [7, 11) is -1.77. The first-order valence-electron chi connectivity index (χ1n) is 11.7. The number of hydrogen-bond donors (Lipinski definition) is 2. The molecule has 2 aromatic rings. The van der Waals surface area contributed by atoms with Gasteiger partial charge in [-0.05, 0) is 48.2 Å². The van der Waals surface area contributed by atoms with E-state index in [4.69, 9.17) is 25.8 Å². The van der Waals surface area contributed by atoms with Crippen LogP contribution in [0.1, 0.15) is 37.8 Å². The van der Waals surface area contributed by atoms with Gasteiger partial charge in [0.1, 0.15) is 36.9 Å². The first-order chi connectivity index (χ1) is 16.6. The van der Waals surface area contributed by atoms with Crippen molar-refractivity contribution in [2.45, 2.75) is 44.3 Å². The predicted octanol–water partition coefficient (Wildman–Crippen LogP) is 3.57. The standard InChI is InChI=1S/C26H37ClO7S/c1-26(2,20-6-10-24(11-7-20)33-17-22(28)16-27)21-8-12-25(13-9-21)34-18-23(29)19-35(30,31)15-5-4-14-32-3/h6-13,22-23,28-29H,4-5,14-19H2,1-3H3. The molecule has 0 aliphatic carbocycles. The molecule has 35 heavy (non-hydrogen) atoms. The summed E-state index contributed by atoms with van der Waals surface area (Å²) in [6.07, 6.45) is -0.620. The van der Waals surface area contributed by atoms with Crippen molar-refractivity contribution in [1.29, 1.82) is 0 Å². The van der Waals surface area contributed by atoms with Gasteiger partial charge in [-0.1, -0.05) is 38.1 Å². The zero-order valence-electron chi connectivity index (χ0n) is 20.7. The number of alkyl halides is 1.